The number of carboxylic acids is 1. The first-order valence-electron chi connectivity index (χ1n) is 12.1. The summed E-state index contributed by atoms with van der Waals surface area (Å²) in [6.07, 6.45) is 1.63. The fourth-order valence-electron chi connectivity index (χ4n) is 4.64. The van der Waals surface area contributed by atoms with E-state index in [1.165, 1.54) is 0 Å². The third-order valence-corrected chi connectivity index (χ3v) is 6.45. The fraction of sp³-hybridized carbons (Fsp3) is 0.333. The molecule has 2 saturated heterocycles. The zero-order valence-electron chi connectivity index (χ0n) is 19.7. The Morgan fingerprint density at radius 2 is 1.53 bits per heavy atom. The zero-order valence-corrected chi connectivity index (χ0v) is 19.7. The quantitative estimate of drug-likeness (QED) is 0.420. The highest BCUT2D eigenvalue weighted by Crippen LogP contribution is 2.29. The van der Waals surface area contributed by atoms with Crippen LogP contribution in [0.5, 0.6) is 0 Å². The van der Waals surface area contributed by atoms with Gasteiger partial charge in [0.25, 0.3) is 0 Å². The van der Waals surface area contributed by atoms with Crippen LogP contribution in [0.25, 0.3) is 22.4 Å². The lowest BCUT2D eigenvalue weighted by Gasteiger charge is -2.18. The number of rotatable bonds is 9. The molecular formula is C27H28N4O5. The van der Waals surface area contributed by atoms with Gasteiger partial charge in [-0.2, -0.15) is 0 Å². The molecule has 0 bridgehead atoms. The van der Waals surface area contributed by atoms with E-state index in [1.54, 1.807) is 6.20 Å². The third kappa shape index (κ3) is 5.53. The minimum atomic E-state index is -0.907. The van der Waals surface area contributed by atoms with Crippen molar-refractivity contribution in [3.8, 4) is 22.4 Å². The molecule has 0 spiro atoms. The van der Waals surface area contributed by atoms with Gasteiger partial charge < -0.3 is 25.2 Å². The Bertz CT molecular complexity index is 1200. The van der Waals surface area contributed by atoms with Crippen molar-refractivity contribution < 1.29 is 24.2 Å². The number of nitrogens with one attached hydrogen (secondary N) is 2. The lowest BCUT2D eigenvalue weighted by atomic mass is 10.0. The second-order valence-corrected chi connectivity index (χ2v) is 8.98. The maximum Gasteiger partial charge on any atom is 0.303 e. The molecule has 0 aliphatic carbocycles. The predicted molar refractivity (Wildman–Crippen MR) is 133 cm³/mol. The Morgan fingerprint density at radius 3 is 2.28 bits per heavy atom. The average Bonchev–Trinajstić information content (AvgIpc) is 3.48. The summed E-state index contributed by atoms with van der Waals surface area (Å²) in [5.74, 6) is -0.617. The summed E-state index contributed by atoms with van der Waals surface area (Å²) in [4.78, 5) is 31.9. The van der Waals surface area contributed by atoms with E-state index < -0.39 is 5.97 Å². The summed E-state index contributed by atoms with van der Waals surface area (Å²) in [5, 5.41) is 15.0. The zero-order chi connectivity index (χ0) is 24.9. The van der Waals surface area contributed by atoms with Gasteiger partial charge in [-0.3, -0.25) is 9.59 Å². The number of amides is 1. The molecule has 0 unspecified atom stereocenters. The number of anilines is 1. The number of benzene rings is 2. The SMILES string of the molecule is O=C(O)CCCC(=O)N[C@H]1CO[C@H]2[C@@H]1OC[C@@H]2Nc1nccc(-c2ccc(-c3ccccc3)cc2)n1. The summed E-state index contributed by atoms with van der Waals surface area (Å²) in [5.41, 5.74) is 4.10. The van der Waals surface area contributed by atoms with Gasteiger partial charge in [-0.05, 0) is 23.6 Å². The van der Waals surface area contributed by atoms with Gasteiger partial charge in [0.05, 0.1) is 31.0 Å². The number of fused-ring (bicyclic) bond motifs is 1. The van der Waals surface area contributed by atoms with Crippen LogP contribution in [0.15, 0.2) is 66.9 Å². The van der Waals surface area contributed by atoms with E-state index in [1.807, 2.05) is 36.4 Å². The van der Waals surface area contributed by atoms with E-state index in [2.05, 4.69) is 44.9 Å². The van der Waals surface area contributed by atoms with Gasteiger partial charge in [0.1, 0.15) is 12.2 Å². The molecule has 3 aromatic rings. The second-order valence-electron chi connectivity index (χ2n) is 8.98. The van der Waals surface area contributed by atoms with E-state index in [0.29, 0.717) is 25.6 Å². The average molecular weight is 489 g/mol. The number of aromatic nitrogens is 2. The highest BCUT2D eigenvalue weighted by molar-refractivity contribution is 5.77. The largest absolute Gasteiger partial charge is 0.481 e. The molecule has 9 nitrogen and oxygen atoms in total. The minimum Gasteiger partial charge on any atom is -0.481 e. The molecule has 3 N–H and O–H groups in total. The summed E-state index contributed by atoms with van der Waals surface area (Å²) in [6, 6.07) is 19.9. The van der Waals surface area contributed by atoms with Crippen molar-refractivity contribution in [3.05, 3.63) is 66.9 Å². The van der Waals surface area contributed by atoms with Crippen molar-refractivity contribution >= 4 is 17.8 Å². The number of carboxylic acid groups (broad SMARTS) is 1. The van der Waals surface area contributed by atoms with Gasteiger partial charge in [0.2, 0.25) is 11.9 Å². The second kappa shape index (κ2) is 10.8. The molecule has 1 aromatic heterocycles. The molecule has 2 fully saturated rings. The number of nitrogens with zero attached hydrogens (tertiary/aromatic N) is 2. The molecule has 9 heteroatoms. The molecule has 3 heterocycles. The fourth-order valence-corrected chi connectivity index (χ4v) is 4.64. The number of hydrogen-bond donors (Lipinski definition) is 3. The van der Waals surface area contributed by atoms with E-state index in [-0.39, 0.29) is 43.0 Å². The van der Waals surface area contributed by atoms with Crippen LogP contribution in [0.1, 0.15) is 19.3 Å². The topological polar surface area (TPSA) is 123 Å². The number of aliphatic carboxylic acids is 1. The Hall–Kier alpha value is -3.82. The summed E-state index contributed by atoms with van der Waals surface area (Å²) in [7, 11) is 0. The van der Waals surface area contributed by atoms with Crippen LogP contribution in [0, 0.1) is 0 Å². The molecule has 1 amide bonds. The lowest BCUT2D eigenvalue weighted by molar-refractivity contribution is -0.137. The van der Waals surface area contributed by atoms with Gasteiger partial charge in [-0.25, -0.2) is 9.97 Å². The van der Waals surface area contributed by atoms with Crippen LogP contribution in [0.2, 0.25) is 0 Å². The lowest BCUT2D eigenvalue weighted by Crippen LogP contribution is -2.44. The molecule has 2 aliphatic rings. The third-order valence-electron chi connectivity index (χ3n) is 6.45. The number of hydrogen-bond acceptors (Lipinski definition) is 7. The summed E-state index contributed by atoms with van der Waals surface area (Å²) in [6.45, 7) is 0.743. The number of ether oxygens (including phenoxy) is 2. The summed E-state index contributed by atoms with van der Waals surface area (Å²) < 4.78 is 11.9. The highest BCUT2D eigenvalue weighted by Gasteiger charge is 2.48. The van der Waals surface area contributed by atoms with E-state index in [9.17, 15) is 9.59 Å². The Labute approximate surface area is 208 Å². The Balaban J connectivity index is 1.19. The predicted octanol–water partition coefficient (Wildman–Crippen LogP) is 3.13. The van der Waals surface area contributed by atoms with Crippen LogP contribution in [0.4, 0.5) is 5.95 Å². The normalized spacial score (nSPS) is 22.7. The molecule has 2 aromatic carbocycles. The van der Waals surface area contributed by atoms with Crippen molar-refractivity contribution in [1.29, 1.82) is 0 Å². The first kappa shape index (κ1) is 23.9. The highest BCUT2D eigenvalue weighted by atomic mass is 16.6. The van der Waals surface area contributed by atoms with Crippen molar-refractivity contribution in [1.82, 2.24) is 15.3 Å². The smallest absolute Gasteiger partial charge is 0.303 e. The van der Waals surface area contributed by atoms with Crippen molar-refractivity contribution in [2.24, 2.45) is 0 Å². The van der Waals surface area contributed by atoms with Crippen LogP contribution in [-0.2, 0) is 19.1 Å². The molecule has 36 heavy (non-hydrogen) atoms. The minimum absolute atomic E-state index is 0.0284. The molecule has 0 radical (unpaired) electrons. The molecule has 5 rings (SSSR count). The van der Waals surface area contributed by atoms with E-state index in [4.69, 9.17) is 14.6 Å². The van der Waals surface area contributed by atoms with E-state index in [0.717, 1.165) is 22.4 Å². The van der Waals surface area contributed by atoms with Gasteiger partial charge in [-0.15, -0.1) is 0 Å². The molecule has 4 atom stereocenters. The Morgan fingerprint density at radius 1 is 0.861 bits per heavy atom. The standard InChI is InChI=1S/C27H28N4O5/c32-23(7-4-8-24(33)34)29-21-15-35-26-22(16-36-25(21)26)31-27-28-14-13-20(30-27)19-11-9-18(10-12-19)17-5-2-1-3-6-17/h1-3,5-6,9-14,21-22,25-26H,4,7-8,15-16H2,(H,29,32)(H,33,34)(H,28,30,31)/t21-,22-,25+,26+/m0/s1. The van der Waals surface area contributed by atoms with Gasteiger partial charge in [0, 0.05) is 24.6 Å². The van der Waals surface area contributed by atoms with Gasteiger partial charge in [0.15, 0.2) is 0 Å². The van der Waals surface area contributed by atoms with Crippen LogP contribution in [-0.4, -0.2) is 64.5 Å². The number of carbonyl (C=O) groups excluding carboxylic acids is 1. The monoisotopic (exact) mass is 488 g/mol. The number of carbonyl (C=O) groups is 2. The molecule has 2 aliphatic heterocycles. The van der Waals surface area contributed by atoms with Crippen molar-refractivity contribution in [2.75, 3.05) is 18.5 Å². The van der Waals surface area contributed by atoms with Crippen molar-refractivity contribution in [2.45, 2.75) is 43.6 Å². The first-order chi connectivity index (χ1) is 17.6. The van der Waals surface area contributed by atoms with E-state index >= 15 is 0 Å². The van der Waals surface area contributed by atoms with Crippen LogP contribution in [0.3, 0.4) is 0 Å². The summed E-state index contributed by atoms with van der Waals surface area (Å²) >= 11 is 0. The Kier molecular flexibility index (Phi) is 7.20. The van der Waals surface area contributed by atoms with Crippen LogP contribution >= 0.6 is 0 Å². The van der Waals surface area contributed by atoms with Gasteiger partial charge >= 0.3 is 5.97 Å². The maximum atomic E-state index is 12.2. The maximum absolute atomic E-state index is 12.2. The molecule has 186 valence electrons. The van der Waals surface area contributed by atoms with Crippen LogP contribution < -0.4 is 10.6 Å². The van der Waals surface area contributed by atoms with Crippen molar-refractivity contribution in [3.63, 3.8) is 0 Å². The molecule has 0 saturated carbocycles. The molecular weight excluding hydrogens is 460 g/mol. The first-order valence-corrected chi connectivity index (χ1v) is 12.1. The van der Waals surface area contributed by atoms with Gasteiger partial charge in [-0.1, -0.05) is 54.6 Å².